The molecule has 1 unspecified atom stereocenters. The van der Waals surface area contributed by atoms with Gasteiger partial charge in [-0.05, 0) is 28.7 Å². The minimum absolute atomic E-state index is 0.0738. The number of H-pyrrole nitrogens is 1. The number of hydrogen-bond donors (Lipinski definition) is 4. The molecule has 9 heteroatoms. The second-order valence-corrected chi connectivity index (χ2v) is 8.05. The van der Waals surface area contributed by atoms with Crippen LogP contribution in [0.5, 0.6) is 0 Å². The number of nitrogens with one attached hydrogen (secondary N) is 3. The van der Waals surface area contributed by atoms with E-state index in [1.54, 1.807) is 12.4 Å². The molecule has 4 N–H and O–H groups in total. The predicted octanol–water partition coefficient (Wildman–Crippen LogP) is 2.84. The largest absolute Gasteiger partial charge is 0.481 e. The van der Waals surface area contributed by atoms with Crippen molar-refractivity contribution >= 4 is 18.0 Å². The lowest BCUT2D eigenvalue weighted by molar-refractivity contribution is -0.139. The zero-order valence-corrected chi connectivity index (χ0v) is 18.5. The van der Waals surface area contributed by atoms with Crippen LogP contribution in [-0.4, -0.2) is 52.2 Å². The van der Waals surface area contributed by atoms with Gasteiger partial charge in [-0.25, -0.2) is 9.78 Å². The number of carboxylic acids is 1. The first-order chi connectivity index (χ1) is 16.5. The molecule has 0 saturated carbocycles. The first-order valence-corrected chi connectivity index (χ1v) is 11.1. The molecule has 1 aliphatic carbocycles. The zero-order chi connectivity index (χ0) is 23.9. The molecule has 1 heterocycles. The lowest BCUT2D eigenvalue weighted by Gasteiger charge is -2.18. The van der Waals surface area contributed by atoms with Gasteiger partial charge in [0.05, 0.1) is 6.42 Å². The molecule has 2 aromatic carbocycles. The molecule has 0 aliphatic heterocycles. The first-order valence-electron chi connectivity index (χ1n) is 11.1. The van der Waals surface area contributed by atoms with E-state index in [-0.39, 0.29) is 12.5 Å². The third-order valence-electron chi connectivity index (χ3n) is 5.78. The molecular weight excluding hydrogens is 436 g/mol. The van der Waals surface area contributed by atoms with Gasteiger partial charge in [-0.15, -0.1) is 0 Å². The highest BCUT2D eigenvalue weighted by Gasteiger charge is 2.30. The van der Waals surface area contributed by atoms with Crippen LogP contribution >= 0.6 is 0 Å². The van der Waals surface area contributed by atoms with E-state index in [4.69, 9.17) is 4.74 Å². The lowest BCUT2D eigenvalue weighted by atomic mass is 9.98. The first kappa shape index (κ1) is 23.0. The number of benzene rings is 2. The van der Waals surface area contributed by atoms with E-state index in [0.29, 0.717) is 19.4 Å². The van der Waals surface area contributed by atoms with E-state index in [1.807, 2.05) is 48.5 Å². The van der Waals surface area contributed by atoms with Crippen LogP contribution in [0, 0.1) is 0 Å². The Morgan fingerprint density at radius 3 is 2.35 bits per heavy atom. The van der Waals surface area contributed by atoms with Crippen molar-refractivity contribution in [3.05, 3.63) is 77.9 Å². The van der Waals surface area contributed by atoms with Crippen molar-refractivity contribution in [2.24, 2.45) is 0 Å². The van der Waals surface area contributed by atoms with Crippen molar-refractivity contribution in [1.82, 2.24) is 20.6 Å². The highest BCUT2D eigenvalue weighted by atomic mass is 16.5. The number of carboxylic acid groups (broad SMARTS) is 1. The predicted molar refractivity (Wildman–Crippen MR) is 124 cm³/mol. The van der Waals surface area contributed by atoms with E-state index in [1.165, 1.54) is 0 Å². The number of amides is 2. The van der Waals surface area contributed by atoms with Crippen LogP contribution in [0.15, 0.2) is 60.9 Å². The minimum Gasteiger partial charge on any atom is -0.481 e. The zero-order valence-electron chi connectivity index (χ0n) is 18.5. The maximum atomic E-state index is 12.5. The number of aliphatic carboxylic acids is 1. The summed E-state index contributed by atoms with van der Waals surface area (Å²) in [6, 6.07) is 14.7. The Labute approximate surface area is 196 Å². The number of carbonyl (C=O) groups is 3. The number of ether oxygens (including phenoxy) is 1. The molecule has 4 rings (SSSR count). The van der Waals surface area contributed by atoms with E-state index < -0.39 is 30.4 Å². The molecule has 0 fully saturated rings. The summed E-state index contributed by atoms with van der Waals surface area (Å²) >= 11 is 0. The van der Waals surface area contributed by atoms with E-state index in [9.17, 15) is 19.5 Å². The van der Waals surface area contributed by atoms with Crippen LogP contribution in [0.1, 0.15) is 35.7 Å². The number of fused-ring (bicyclic) bond motifs is 3. The second-order valence-electron chi connectivity index (χ2n) is 8.05. The van der Waals surface area contributed by atoms with Gasteiger partial charge in [0.2, 0.25) is 5.91 Å². The Hall–Kier alpha value is -4.14. The third kappa shape index (κ3) is 5.43. The fraction of sp³-hybridized carbons (Fsp3) is 0.280. The van der Waals surface area contributed by atoms with E-state index >= 15 is 0 Å². The van der Waals surface area contributed by atoms with E-state index in [2.05, 4.69) is 20.6 Å². The average molecular weight is 463 g/mol. The van der Waals surface area contributed by atoms with Crippen molar-refractivity contribution in [3.63, 3.8) is 0 Å². The molecule has 1 atom stereocenters. The molecule has 9 nitrogen and oxygen atoms in total. The number of hydrogen-bond acceptors (Lipinski definition) is 5. The SMILES string of the molecule is O=C(O)CC(NC(=O)OCC1c2ccccc2-c2ccccc21)C(=O)NCCCc1ncc[nH]1. The summed E-state index contributed by atoms with van der Waals surface area (Å²) in [5, 5.41) is 14.2. The molecule has 1 aromatic heterocycles. The smallest absolute Gasteiger partial charge is 0.407 e. The van der Waals surface area contributed by atoms with Gasteiger partial charge in [0.15, 0.2) is 0 Å². The van der Waals surface area contributed by atoms with Crippen molar-refractivity contribution in [2.45, 2.75) is 31.2 Å². The van der Waals surface area contributed by atoms with Gasteiger partial charge in [0.1, 0.15) is 18.5 Å². The van der Waals surface area contributed by atoms with Gasteiger partial charge in [0, 0.05) is 31.3 Å². The average Bonchev–Trinajstić information content (AvgIpc) is 3.46. The highest BCUT2D eigenvalue weighted by molar-refractivity contribution is 5.89. The van der Waals surface area contributed by atoms with Crippen molar-refractivity contribution in [3.8, 4) is 11.1 Å². The number of rotatable bonds is 10. The topological polar surface area (TPSA) is 133 Å². The van der Waals surface area contributed by atoms with Crippen LogP contribution in [0.25, 0.3) is 11.1 Å². The number of aryl methyl sites for hydroxylation is 1. The number of carbonyl (C=O) groups excluding carboxylic acids is 2. The number of imidazole rings is 1. The molecule has 0 saturated heterocycles. The van der Waals surface area contributed by atoms with E-state index in [0.717, 1.165) is 28.1 Å². The molecule has 0 bridgehead atoms. The van der Waals surface area contributed by atoms with Crippen molar-refractivity contribution in [2.75, 3.05) is 13.2 Å². The number of nitrogens with zero attached hydrogens (tertiary/aromatic N) is 1. The quantitative estimate of drug-likeness (QED) is 0.343. The third-order valence-corrected chi connectivity index (χ3v) is 5.78. The summed E-state index contributed by atoms with van der Waals surface area (Å²) in [5.74, 6) is -1.11. The van der Waals surface area contributed by atoms with Crippen LogP contribution in [0.2, 0.25) is 0 Å². The second kappa shape index (κ2) is 10.7. The summed E-state index contributed by atoms with van der Waals surface area (Å²) < 4.78 is 5.44. The number of aromatic nitrogens is 2. The molecule has 1 aliphatic rings. The number of aromatic amines is 1. The Morgan fingerprint density at radius 1 is 1.06 bits per heavy atom. The Bertz CT molecular complexity index is 1120. The summed E-state index contributed by atoms with van der Waals surface area (Å²) in [5.41, 5.74) is 4.33. The van der Waals surface area contributed by atoms with Crippen molar-refractivity contribution in [1.29, 1.82) is 0 Å². The van der Waals surface area contributed by atoms with Gasteiger partial charge in [0.25, 0.3) is 0 Å². The molecule has 0 radical (unpaired) electrons. The molecule has 3 aromatic rings. The van der Waals surface area contributed by atoms with Gasteiger partial charge in [-0.3, -0.25) is 9.59 Å². The summed E-state index contributed by atoms with van der Waals surface area (Å²) in [6.45, 7) is 0.395. The van der Waals surface area contributed by atoms with Crippen LogP contribution < -0.4 is 10.6 Å². The van der Waals surface area contributed by atoms with Crippen LogP contribution in [-0.2, 0) is 20.7 Å². The minimum atomic E-state index is -1.24. The summed E-state index contributed by atoms with van der Waals surface area (Å²) in [4.78, 5) is 43.3. The maximum absolute atomic E-state index is 12.5. The normalized spacial score (nSPS) is 12.9. The maximum Gasteiger partial charge on any atom is 0.407 e. The molecule has 34 heavy (non-hydrogen) atoms. The van der Waals surface area contributed by atoms with Gasteiger partial charge in [-0.1, -0.05) is 48.5 Å². The Balaban J connectivity index is 1.32. The van der Waals surface area contributed by atoms with Gasteiger partial charge >= 0.3 is 12.1 Å². The molecule has 0 spiro atoms. The van der Waals surface area contributed by atoms with Gasteiger partial charge < -0.3 is 25.5 Å². The fourth-order valence-electron chi connectivity index (χ4n) is 4.19. The monoisotopic (exact) mass is 462 g/mol. The van der Waals surface area contributed by atoms with Crippen LogP contribution in [0.3, 0.4) is 0 Å². The Kier molecular flexibility index (Phi) is 7.22. The summed E-state index contributed by atoms with van der Waals surface area (Å²) in [7, 11) is 0. The molecular formula is C25H26N4O5. The summed E-state index contributed by atoms with van der Waals surface area (Å²) in [6.07, 6.45) is 3.23. The molecule has 176 valence electrons. The Morgan fingerprint density at radius 2 is 1.74 bits per heavy atom. The van der Waals surface area contributed by atoms with Gasteiger partial charge in [-0.2, -0.15) is 0 Å². The fourth-order valence-corrected chi connectivity index (χ4v) is 4.19. The number of alkyl carbamates (subject to hydrolysis) is 1. The van der Waals surface area contributed by atoms with Crippen LogP contribution in [0.4, 0.5) is 4.79 Å². The molecule has 2 amide bonds. The standard InChI is InChI=1S/C25H26N4O5/c30-23(31)14-21(24(32)28-11-5-10-22-26-12-13-27-22)29-25(33)34-15-20-18-8-3-1-6-16(18)17-7-2-4-9-19(17)20/h1-4,6-9,12-13,20-21H,5,10-11,14-15H2,(H,26,27)(H,28,32)(H,29,33)(H,30,31). The highest BCUT2D eigenvalue weighted by Crippen LogP contribution is 2.44. The lowest BCUT2D eigenvalue weighted by Crippen LogP contribution is -2.48. The van der Waals surface area contributed by atoms with Crippen molar-refractivity contribution < 1.29 is 24.2 Å².